The number of ether oxygens (including phenoxy) is 1. The van der Waals surface area contributed by atoms with Crippen LogP contribution in [0, 0.1) is 5.41 Å². The van der Waals surface area contributed by atoms with Crippen LogP contribution < -0.4 is 21.1 Å². The molecule has 0 bridgehead atoms. The summed E-state index contributed by atoms with van der Waals surface area (Å²) in [6.45, 7) is 6.09. The highest BCUT2D eigenvalue weighted by atomic mass is 19.4. The number of nitrogens with one attached hydrogen (secondary N) is 2. The SMILES string of the molecule is CC(C)(C)C(CN)NC(=O)Nc1ccc(OC(F)(F)F)cc1. The number of carbonyl (C=O) groups excluding carboxylic acids is 1. The first-order valence-electron chi connectivity index (χ1n) is 6.64. The Morgan fingerprint density at radius 2 is 1.77 bits per heavy atom. The molecule has 0 fully saturated rings. The maximum absolute atomic E-state index is 12.0. The van der Waals surface area contributed by atoms with Crippen LogP contribution in [-0.2, 0) is 0 Å². The lowest BCUT2D eigenvalue weighted by Gasteiger charge is -2.30. The van der Waals surface area contributed by atoms with E-state index in [-0.39, 0.29) is 23.8 Å². The molecule has 1 aromatic carbocycles. The second-order valence-electron chi connectivity index (χ2n) is 5.82. The van der Waals surface area contributed by atoms with Crippen molar-refractivity contribution in [2.75, 3.05) is 11.9 Å². The van der Waals surface area contributed by atoms with Crippen molar-refractivity contribution in [3.05, 3.63) is 24.3 Å². The average Bonchev–Trinajstić information content (AvgIpc) is 2.35. The molecule has 4 N–H and O–H groups in total. The van der Waals surface area contributed by atoms with E-state index in [0.29, 0.717) is 5.69 Å². The molecule has 0 aliphatic heterocycles. The number of benzene rings is 1. The topological polar surface area (TPSA) is 76.4 Å². The number of amides is 2. The highest BCUT2D eigenvalue weighted by molar-refractivity contribution is 5.89. The van der Waals surface area contributed by atoms with Gasteiger partial charge in [-0.05, 0) is 29.7 Å². The third kappa shape index (κ3) is 6.21. The number of urea groups is 1. The third-order valence-corrected chi connectivity index (χ3v) is 2.93. The molecule has 0 spiro atoms. The molecule has 0 radical (unpaired) electrons. The van der Waals surface area contributed by atoms with Crippen LogP contribution in [0.2, 0.25) is 0 Å². The Morgan fingerprint density at radius 3 is 2.18 bits per heavy atom. The summed E-state index contributed by atoms with van der Waals surface area (Å²) in [5.41, 5.74) is 5.75. The maximum atomic E-state index is 12.0. The van der Waals surface area contributed by atoms with Crippen LogP contribution in [0.1, 0.15) is 20.8 Å². The van der Waals surface area contributed by atoms with Gasteiger partial charge in [0, 0.05) is 18.3 Å². The van der Waals surface area contributed by atoms with Gasteiger partial charge in [0.25, 0.3) is 0 Å². The van der Waals surface area contributed by atoms with Crippen molar-refractivity contribution in [1.29, 1.82) is 0 Å². The Morgan fingerprint density at radius 1 is 1.23 bits per heavy atom. The van der Waals surface area contributed by atoms with Crippen molar-refractivity contribution < 1.29 is 22.7 Å². The molecule has 0 saturated carbocycles. The van der Waals surface area contributed by atoms with Crippen molar-refractivity contribution in [1.82, 2.24) is 5.32 Å². The van der Waals surface area contributed by atoms with Crippen LogP contribution in [0.15, 0.2) is 24.3 Å². The Kier molecular flexibility index (Phi) is 5.65. The Hall–Kier alpha value is -1.96. The van der Waals surface area contributed by atoms with E-state index in [1.165, 1.54) is 12.1 Å². The number of halogens is 3. The van der Waals surface area contributed by atoms with Gasteiger partial charge in [-0.15, -0.1) is 13.2 Å². The Balaban J connectivity index is 2.62. The van der Waals surface area contributed by atoms with Gasteiger partial charge in [-0.2, -0.15) is 0 Å². The quantitative estimate of drug-likeness (QED) is 0.798. The lowest BCUT2D eigenvalue weighted by atomic mass is 9.87. The lowest BCUT2D eigenvalue weighted by molar-refractivity contribution is -0.274. The summed E-state index contributed by atoms with van der Waals surface area (Å²) in [5.74, 6) is -0.354. The summed E-state index contributed by atoms with van der Waals surface area (Å²) in [7, 11) is 0. The number of alkyl halides is 3. The third-order valence-electron chi connectivity index (χ3n) is 2.93. The van der Waals surface area contributed by atoms with Gasteiger partial charge < -0.3 is 21.1 Å². The Labute approximate surface area is 127 Å². The molecule has 1 rings (SSSR count). The molecule has 2 amide bonds. The summed E-state index contributed by atoms with van der Waals surface area (Å²) in [5, 5.41) is 5.25. The molecule has 1 unspecified atom stereocenters. The van der Waals surface area contributed by atoms with Crippen molar-refractivity contribution >= 4 is 11.7 Å². The molecule has 1 atom stereocenters. The first-order valence-corrected chi connectivity index (χ1v) is 6.64. The Bertz CT molecular complexity index is 496. The normalized spacial score (nSPS) is 13.4. The minimum Gasteiger partial charge on any atom is -0.406 e. The van der Waals surface area contributed by atoms with Crippen molar-refractivity contribution in [3.8, 4) is 5.75 Å². The zero-order chi connectivity index (χ0) is 17.0. The summed E-state index contributed by atoms with van der Waals surface area (Å²) in [6, 6.07) is 4.15. The molecular weight excluding hydrogens is 299 g/mol. The monoisotopic (exact) mass is 319 g/mol. The van der Waals surface area contributed by atoms with Gasteiger partial charge in [0.1, 0.15) is 5.75 Å². The highest BCUT2D eigenvalue weighted by Crippen LogP contribution is 2.24. The average molecular weight is 319 g/mol. The van der Waals surface area contributed by atoms with E-state index >= 15 is 0 Å². The second-order valence-corrected chi connectivity index (χ2v) is 5.82. The minimum atomic E-state index is -4.74. The molecular formula is C14H20F3N3O2. The van der Waals surface area contributed by atoms with Gasteiger partial charge in [-0.3, -0.25) is 0 Å². The number of hydrogen-bond acceptors (Lipinski definition) is 3. The van der Waals surface area contributed by atoms with E-state index in [0.717, 1.165) is 12.1 Å². The number of hydrogen-bond donors (Lipinski definition) is 3. The summed E-state index contributed by atoms with van der Waals surface area (Å²) in [6.07, 6.45) is -4.74. The van der Waals surface area contributed by atoms with Gasteiger partial charge in [-0.1, -0.05) is 20.8 Å². The smallest absolute Gasteiger partial charge is 0.406 e. The molecule has 22 heavy (non-hydrogen) atoms. The van der Waals surface area contributed by atoms with Crippen LogP contribution in [0.3, 0.4) is 0 Å². The summed E-state index contributed by atoms with van der Waals surface area (Å²) >= 11 is 0. The lowest BCUT2D eigenvalue weighted by Crippen LogP contribution is -2.49. The molecule has 8 heteroatoms. The fourth-order valence-electron chi connectivity index (χ4n) is 1.69. The van der Waals surface area contributed by atoms with Gasteiger partial charge in [0.2, 0.25) is 0 Å². The second kappa shape index (κ2) is 6.87. The van der Waals surface area contributed by atoms with E-state index < -0.39 is 12.4 Å². The van der Waals surface area contributed by atoms with Crippen molar-refractivity contribution in [2.24, 2.45) is 11.1 Å². The van der Waals surface area contributed by atoms with E-state index in [9.17, 15) is 18.0 Å². The largest absolute Gasteiger partial charge is 0.573 e. The standard InChI is InChI=1S/C14H20F3N3O2/c1-13(2,3)11(8-18)20-12(21)19-9-4-6-10(7-5-9)22-14(15,16)17/h4-7,11H,8,18H2,1-3H3,(H2,19,20,21). The maximum Gasteiger partial charge on any atom is 0.573 e. The number of nitrogens with two attached hydrogens (primary N) is 1. The minimum absolute atomic E-state index is 0.212. The summed E-state index contributed by atoms with van der Waals surface area (Å²) < 4.78 is 39.8. The van der Waals surface area contributed by atoms with E-state index in [4.69, 9.17) is 5.73 Å². The highest BCUT2D eigenvalue weighted by Gasteiger charge is 2.31. The molecule has 0 heterocycles. The predicted molar refractivity (Wildman–Crippen MR) is 77.6 cm³/mol. The first-order chi connectivity index (χ1) is 10.0. The molecule has 124 valence electrons. The van der Waals surface area contributed by atoms with Gasteiger partial charge in [0.05, 0.1) is 0 Å². The molecule has 1 aromatic rings. The van der Waals surface area contributed by atoms with Gasteiger partial charge >= 0.3 is 12.4 Å². The van der Waals surface area contributed by atoms with Crippen LogP contribution in [-0.4, -0.2) is 25.0 Å². The number of rotatable bonds is 4. The van der Waals surface area contributed by atoms with E-state index in [1.54, 1.807) is 0 Å². The van der Waals surface area contributed by atoms with E-state index in [1.807, 2.05) is 20.8 Å². The predicted octanol–water partition coefficient (Wildman–Crippen LogP) is 3.08. The molecule has 5 nitrogen and oxygen atoms in total. The molecule has 0 aromatic heterocycles. The van der Waals surface area contributed by atoms with Crippen molar-refractivity contribution in [3.63, 3.8) is 0 Å². The fraction of sp³-hybridized carbons (Fsp3) is 0.500. The van der Waals surface area contributed by atoms with Crippen LogP contribution in [0.4, 0.5) is 23.7 Å². The molecule has 0 saturated heterocycles. The number of carbonyl (C=O) groups is 1. The zero-order valence-corrected chi connectivity index (χ0v) is 12.6. The zero-order valence-electron chi connectivity index (χ0n) is 12.6. The first kappa shape index (κ1) is 18.1. The van der Waals surface area contributed by atoms with Gasteiger partial charge in [0.15, 0.2) is 0 Å². The fourth-order valence-corrected chi connectivity index (χ4v) is 1.69. The van der Waals surface area contributed by atoms with Crippen LogP contribution in [0.25, 0.3) is 0 Å². The molecule has 0 aliphatic rings. The molecule has 0 aliphatic carbocycles. The van der Waals surface area contributed by atoms with Crippen LogP contribution >= 0.6 is 0 Å². The van der Waals surface area contributed by atoms with E-state index in [2.05, 4.69) is 15.4 Å². The van der Waals surface area contributed by atoms with Crippen molar-refractivity contribution in [2.45, 2.75) is 33.2 Å². The summed E-state index contributed by atoms with van der Waals surface area (Å²) in [4.78, 5) is 11.9. The van der Waals surface area contributed by atoms with Gasteiger partial charge in [-0.25, -0.2) is 4.79 Å². The van der Waals surface area contributed by atoms with Crippen LogP contribution in [0.5, 0.6) is 5.75 Å². The number of anilines is 1.